The van der Waals surface area contributed by atoms with Crippen LogP contribution in [0.3, 0.4) is 0 Å². The van der Waals surface area contributed by atoms with Gasteiger partial charge in [-0.25, -0.2) is 4.57 Å². The molecule has 0 heterocycles. The summed E-state index contributed by atoms with van der Waals surface area (Å²) >= 11 is 3.10. The summed E-state index contributed by atoms with van der Waals surface area (Å²) in [6, 6.07) is 0. The first-order chi connectivity index (χ1) is 4.68. The second kappa shape index (κ2) is 5.27. The van der Waals surface area contributed by atoms with Gasteiger partial charge in [0.25, 0.3) is 0 Å². The number of phosphoric acid groups is 1. The molecule has 0 amide bonds. The van der Waals surface area contributed by atoms with Gasteiger partial charge in [0, 0.05) is 19.5 Å². The van der Waals surface area contributed by atoms with E-state index in [1.807, 2.05) is 0 Å². The lowest BCUT2D eigenvalue weighted by Crippen LogP contribution is -1.97. The molecule has 0 spiro atoms. The first-order valence-corrected chi connectivity index (χ1v) is 5.18. The highest BCUT2D eigenvalue weighted by Crippen LogP contribution is 2.47. The van der Waals surface area contributed by atoms with Crippen LogP contribution in [-0.2, 0) is 18.1 Å². The second-order valence-electron chi connectivity index (χ2n) is 1.33. The summed E-state index contributed by atoms with van der Waals surface area (Å²) in [5.41, 5.74) is 0. The van der Waals surface area contributed by atoms with Crippen molar-refractivity contribution in [2.24, 2.45) is 0 Å². The molecule has 0 saturated heterocycles. The Morgan fingerprint density at radius 2 is 1.90 bits per heavy atom. The molecule has 6 heteroatoms. The van der Waals surface area contributed by atoms with Gasteiger partial charge in [0.15, 0.2) is 0 Å². The molecule has 0 bridgehead atoms. The molecule has 0 aliphatic carbocycles. The summed E-state index contributed by atoms with van der Waals surface area (Å²) in [4.78, 5) is 0. The lowest BCUT2D eigenvalue weighted by atomic mass is 10.9. The maximum Gasteiger partial charge on any atom is 0.474 e. The molecule has 0 aliphatic heterocycles. The monoisotopic (exact) mass is 232 g/mol. The number of phosphoric ester groups is 1. The summed E-state index contributed by atoms with van der Waals surface area (Å²) in [5.74, 6) is 0. The quantitative estimate of drug-likeness (QED) is 0.536. The highest BCUT2D eigenvalue weighted by atomic mass is 79.9. The minimum atomic E-state index is -3.23. The number of hydrogen-bond acceptors (Lipinski definition) is 4. The van der Waals surface area contributed by atoms with Crippen molar-refractivity contribution >= 4 is 23.8 Å². The summed E-state index contributed by atoms with van der Waals surface area (Å²) in [6.07, 6.45) is 0. The van der Waals surface area contributed by atoms with Crippen LogP contribution in [0, 0.1) is 0 Å². The third kappa shape index (κ3) is 3.68. The molecule has 0 aromatic rings. The Kier molecular flexibility index (Phi) is 5.58. The van der Waals surface area contributed by atoms with Gasteiger partial charge >= 0.3 is 7.82 Å². The van der Waals surface area contributed by atoms with Gasteiger partial charge in [-0.05, 0) is 0 Å². The maximum atomic E-state index is 11.0. The average Bonchev–Trinajstić information content (AvgIpc) is 2.00. The first kappa shape index (κ1) is 10.6. The third-order valence-electron chi connectivity index (χ3n) is 0.774. The Balaban J connectivity index is 3.70. The molecule has 0 N–H and O–H groups in total. The predicted octanol–water partition coefficient (Wildman–Crippen LogP) is 1.80. The highest BCUT2D eigenvalue weighted by molar-refractivity contribution is 9.09. The molecule has 10 heavy (non-hydrogen) atoms. The molecule has 0 radical (unpaired) electrons. The van der Waals surface area contributed by atoms with E-state index in [2.05, 4.69) is 25.0 Å². The highest BCUT2D eigenvalue weighted by Gasteiger charge is 2.21. The van der Waals surface area contributed by atoms with Crippen LogP contribution in [0.5, 0.6) is 0 Å². The van der Waals surface area contributed by atoms with Crippen LogP contribution in [0.15, 0.2) is 0 Å². The second-order valence-corrected chi connectivity index (χ2v) is 4.01. The van der Waals surface area contributed by atoms with E-state index < -0.39 is 7.82 Å². The van der Waals surface area contributed by atoms with Crippen molar-refractivity contribution < 1.29 is 18.1 Å². The van der Waals surface area contributed by atoms with Crippen molar-refractivity contribution in [3.05, 3.63) is 0 Å². The summed E-state index contributed by atoms with van der Waals surface area (Å²) in [6.45, 7) is 0.305. The fourth-order valence-corrected chi connectivity index (χ4v) is 1.41. The number of alkyl halides is 1. The van der Waals surface area contributed by atoms with E-state index in [9.17, 15) is 4.57 Å². The van der Waals surface area contributed by atoms with Crippen molar-refractivity contribution in [2.45, 2.75) is 0 Å². The number of rotatable bonds is 5. The van der Waals surface area contributed by atoms with Gasteiger partial charge in [-0.15, -0.1) is 0 Å². The van der Waals surface area contributed by atoms with Gasteiger partial charge in [0.1, 0.15) is 0 Å². The normalized spacial score (nSPS) is 11.9. The van der Waals surface area contributed by atoms with Crippen LogP contribution in [0.4, 0.5) is 0 Å². The Morgan fingerprint density at radius 1 is 1.40 bits per heavy atom. The van der Waals surface area contributed by atoms with E-state index >= 15 is 0 Å². The number of hydrogen-bond donors (Lipinski definition) is 0. The molecule has 0 atom stereocenters. The van der Waals surface area contributed by atoms with E-state index in [1.165, 1.54) is 14.2 Å². The molecular weight excluding hydrogens is 223 g/mol. The van der Waals surface area contributed by atoms with Crippen molar-refractivity contribution in [3.8, 4) is 0 Å². The van der Waals surface area contributed by atoms with Gasteiger partial charge in [0.2, 0.25) is 0 Å². The van der Waals surface area contributed by atoms with Gasteiger partial charge in [-0.3, -0.25) is 13.6 Å². The minimum absolute atomic E-state index is 0.305. The van der Waals surface area contributed by atoms with Gasteiger partial charge < -0.3 is 0 Å². The van der Waals surface area contributed by atoms with E-state index in [4.69, 9.17) is 4.52 Å². The molecule has 0 aliphatic rings. The van der Waals surface area contributed by atoms with Crippen LogP contribution < -0.4 is 0 Å². The van der Waals surface area contributed by atoms with Gasteiger partial charge in [-0.1, -0.05) is 15.9 Å². The van der Waals surface area contributed by atoms with Crippen molar-refractivity contribution in [1.82, 2.24) is 0 Å². The molecule has 0 aromatic heterocycles. The molecule has 62 valence electrons. The standard InChI is InChI=1S/C4H10BrO4P/c1-7-10(6,8-2)9-4-3-5/h3-4H2,1-2H3. The zero-order valence-electron chi connectivity index (χ0n) is 5.87. The largest absolute Gasteiger partial charge is 0.474 e. The fourth-order valence-electron chi connectivity index (χ4n) is 0.326. The lowest BCUT2D eigenvalue weighted by Gasteiger charge is -2.11. The van der Waals surface area contributed by atoms with Crippen molar-refractivity contribution in [3.63, 3.8) is 0 Å². The summed E-state index contributed by atoms with van der Waals surface area (Å²) < 4.78 is 24.7. The summed E-state index contributed by atoms with van der Waals surface area (Å²) in [7, 11) is -0.675. The predicted molar refractivity (Wildman–Crippen MR) is 41.4 cm³/mol. The Labute approximate surface area is 68.6 Å². The molecule has 0 saturated carbocycles. The molecule has 0 aromatic carbocycles. The molecule has 0 rings (SSSR count). The maximum absolute atomic E-state index is 11.0. The fraction of sp³-hybridized carbons (Fsp3) is 1.00. The first-order valence-electron chi connectivity index (χ1n) is 2.60. The Hall–Kier alpha value is 0.590. The van der Waals surface area contributed by atoms with Crippen LogP contribution in [0.2, 0.25) is 0 Å². The van der Waals surface area contributed by atoms with Gasteiger partial charge in [-0.2, -0.15) is 0 Å². The molecular formula is C4H10BrO4P. The van der Waals surface area contributed by atoms with E-state index in [-0.39, 0.29) is 0 Å². The third-order valence-corrected chi connectivity index (χ3v) is 2.49. The van der Waals surface area contributed by atoms with Crippen molar-refractivity contribution in [1.29, 1.82) is 0 Å². The number of halogens is 1. The Bertz CT molecular complexity index is 120. The van der Waals surface area contributed by atoms with Crippen LogP contribution in [0.1, 0.15) is 0 Å². The summed E-state index contributed by atoms with van der Waals surface area (Å²) in [5, 5.41) is 0.601. The lowest BCUT2D eigenvalue weighted by molar-refractivity contribution is 0.160. The SMILES string of the molecule is COP(=O)(OC)OCCBr. The topological polar surface area (TPSA) is 44.8 Å². The van der Waals surface area contributed by atoms with Crippen LogP contribution in [-0.4, -0.2) is 26.2 Å². The van der Waals surface area contributed by atoms with Crippen molar-refractivity contribution in [2.75, 3.05) is 26.2 Å². The van der Waals surface area contributed by atoms with E-state index in [1.54, 1.807) is 0 Å². The van der Waals surface area contributed by atoms with Gasteiger partial charge in [0.05, 0.1) is 6.61 Å². The van der Waals surface area contributed by atoms with Crippen LogP contribution in [0.25, 0.3) is 0 Å². The zero-order valence-corrected chi connectivity index (χ0v) is 8.35. The smallest absolute Gasteiger partial charge is 0.290 e. The Morgan fingerprint density at radius 3 is 2.20 bits per heavy atom. The van der Waals surface area contributed by atoms with E-state index in [0.29, 0.717) is 11.9 Å². The van der Waals surface area contributed by atoms with E-state index in [0.717, 1.165) is 0 Å². The molecule has 0 unspecified atom stereocenters. The molecule has 0 fully saturated rings. The van der Waals surface area contributed by atoms with Crippen LogP contribution >= 0.6 is 23.8 Å². The molecule has 4 nitrogen and oxygen atoms in total. The zero-order chi connectivity index (χ0) is 8.04. The minimum Gasteiger partial charge on any atom is -0.290 e. The average molecular weight is 233 g/mol.